The van der Waals surface area contributed by atoms with Gasteiger partial charge in [-0.2, -0.15) is 0 Å². The SMILES string of the molecule is Cc1ccc(N2c3cc4c(cc3N(c3ccc(C)cc3)c3cc5ccccc5cc32)OC(C)(C)O4)cc1. The van der Waals surface area contributed by atoms with E-state index in [9.17, 15) is 0 Å². The number of rotatable bonds is 2. The summed E-state index contributed by atoms with van der Waals surface area (Å²) in [7, 11) is 0. The highest BCUT2D eigenvalue weighted by Crippen LogP contribution is 2.58. The van der Waals surface area contributed by atoms with Crippen LogP contribution in [0.4, 0.5) is 34.1 Å². The van der Waals surface area contributed by atoms with Crippen LogP contribution in [0.15, 0.2) is 97.1 Å². The Bertz CT molecular complexity index is 1550. The molecule has 5 aromatic rings. The summed E-state index contributed by atoms with van der Waals surface area (Å²) in [5, 5.41) is 2.40. The van der Waals surface area contributed by atoms with E-state index in [0.29, 0.717) is 0 Å². The van der Waals surface area contributed by atoms with Crippen LogP contribution >= 0.6 is 0 Å². The molecule has 2 heterocycles. The van der Waals surface area contributed by atoms with Crippen molar-refractivity contribution in [1.82, 2.24) is 0 Å². The molecule has 4 heteroatoms. The fourth-order valence-electron chi connectivity index (χ4n) is 5.38. The molecule has 37 heavy (non-hydrogen) atoms. The Morgan fingerprint density at radius 2 is 0.892 bits per heavy atom. The molecule has 4 nitrogen and oxygen atoms in total. The van der Waals surface area contributed by atoms with Crippen molar-refractivity contribution in [3.63, 3.8) is 0 Å². The van der Waals surface area contributed by atoms with E-state index in [2.05, 4.69) is 121 Å². The molecule has 5 aromatic carbocycles. The van der Waals surface area contributed by atoms with Crippen molar-refractivity contribution in [3.8, 4) is 11.5 Å². The van der Waals surface area contributed by atoms with Gasteiger partial charge in [0.15, 0.2) is 11.5 Å². The molecular formula is C33H28N2O2. The average Bonchev–Trinajstić information content (AvgIpc) is 3.19. The van der Waals surface area contributed by atoms with E-state index in [0.717, 1.165) is 45.6 Å². The van der Waals surface area contributed by atoms with Crippen LogP contribution in [0.2, 0.25) is 0 Å². The molecule has 7 rings (SSSR count). The summed E-state index contributed by atoms with van der Waals surface area (Å²) >= 11 is 0. The Hall–Kier alpha value is -4.44. The maximum Gasteiger partial charge on any atom is 0.246 e. The zero-order valence-electron chi connectivity index (χ0n) is 21.4. The zero-order chi connectivity index (χ0) is 25.3. The van der Waals surface area contributed by atoms with Gasteiger partial charge in [-0.15, -0.1) is 0 Å². The quantitative estimate of drug-likeness (QED) is 0.244. The molecule has 0 bridgehead atoms. The fourth-order valence-corrected chi connectivity index (χ4v) is 5.38. The summed E-state index contributed by atoms with van der Waals surface area (Å²) in [6.45, 7) is 8.13. The number of hydrogen-bond acceptors (Lipinski definition) is 4. The summed E-state index contributed by atoms with van der Waals surface area (Å²) < 4.78 is 12.4. The van der Waals surface area contributed by atoms with Gasteiger partial charge in [-0.05, 0) is 61.0 Å². The van der Waals surface area contributed by atoms with Gasteiger partial charge in [0.25, 0.3) is 0 Å². The molecule has 2 aliphatic rings. The minimum Gasteiger partial charge on any atom is -0.449 e. The molecule has 0 fully saturated rings. The Balaban J connectivity index is 1.56. The van der Waals surface area contributed by atoms with Crippen molar-refractivity contribution in [3.05, 3.63) is 108 Å². The molecule has 0 amide bonds. The highest BCUT2D eigenvalue weighted by atomic mass is 16.7. The Labute approximate surface area is 217 Å². The summed E-state index contributed by atoms with van der Waals surface area (Å²) in [5.74, 6) is 0.805. The normalized spacial score (nSPS) is 15.0. The molecule has 2 aliphatic heterocycles. The predicted molar refractivity (Wildman–Crippen MR) is 152 cm³/mol. The first-order valence-electron chi connectivity index (χ1n) is 12.7. The van der Waals surface area contributed by atoms with Crippen LogP contribution in [0.1, 0.15) is 25.0 Å². The van der Waals surface area contributed by atoms with Gasteiger partial charge in [-0.25, -0.2) is 0 Å². The number of hydrogen-bond donors (Lipinski definition) is 0. The number of anilines is 6. The second-order valence-corrected chi connectivity index (χ2v) is 10.4. The van der Waals surface area contributed by atoms with Crippen LogP contribution in [0.25, 0.3) is 10.8 Å². The number of ether oxygens (including phenoxy) is 2. The van der Waals surface area contributed by atoms with Crippen molar-refractivity contribution in [2.45, 2.75) is 33.5 Å². The lowest BCUT2D eigenvalue weighted by atomic mass is 10.00. The van der Waals surface area contributed by atoms with Crippen LogP contribution in [0.5, 0.6) is 11.5 Å². The van der Waals surface area contributed by atoms with Gasteiger partial charge in [0.1, 0.15) is 0 Å². The van der Waals surface area contributed by atoms with Crippen molar-refractivity contribution < 1.29 is 9.47 Å². The van der Waals surface area contributed by atoms with Gasteiger partial charge in [-0.1, -0.05) is 59.7 Å². The van der Waals surface area contributed by atoms with Gasteiger partial charge in [0.2, 0.25) is 5.79 Å². The number of fused-ring (bicyclic) bond motifs is 4. The van der Waals surface area contributed by atoms with E-state index in [4.69, 9.17) is 9.47 Å². The van der Waals surface area contributed by atoms with Gasteiger partial charge in [0.05, 0.1) is 22.7 Å². The smallest absolute Gasteiger partial charge is 0.246 e. The lowest BCUT2D eigenvalue weighted by molar-refractivity contribution is -0.0431. The van der Waals surface area contributed by atoms with Crippen molar-refractivity contribution in [2.75, 3.05) is 9.80 Å². The lowest BCUT2D eigenvalue weighted by Gasteiger charge is -2.40. The molecule has 0 atom stereocenters. The molecule has 182 valence electrons. The Kier molecular flexibility index (Phi) is 4.58. The second-order valence-electron chi connectivity index (χ2n) is 10.4. The summed E-state index contributed by atoms with van der Waals surface area (Å²) in [6.07, 6.45) is 0. The topological polar surface area (TPSA) is 24.9 Å². The summed E-state index contributed by atoms with van der Waals surface area (Å²) in [5.41, 5.74) is 9.00. The Morgan fingerprint density at radius 1 is 0.514 bits per heavy atom. The monoisotopic (exact) mass is 484 g/mol. The fraction of sp³-hybridized carbons (Fsp3) is 0.152. The highest BCUT2D eigenvalue weighted by Gasteiger charge is 2.37. The van der Waals surface area contributed by atoms with Gasteiger partial charge < -0.3 is 19.3 Å². The molecule has 0 aromatic heterocycles. The number of nitrogens with zero attached hydrogens (tertiary/aromatic N) is 2. The van der Waals surface area contributed by atoms with Crippen LogP contribution < -0.4 is 19.3 Å². The van der Waals surface area contributed by atoms with E-state index in [1.54, 1.807) is 0 Å². The van der Waals surface area contributed by atoms with Crippen LogP contribution in [-0.2, 0) is 0 Å². The third-order valence-corrected chi connectivity index (χ3v) is 7.14. The van der Waals surface area contributed by atoms with Gasteiger partial charge in [0, 0.05) is 37.4 Å². The standard InChI is InChI=1S/C33H28N2O2/c1-21-9-13-25(14-10-21)34-27-17-23-7-5-6-8-24(23)18-28(27)35(26-15-11-22(2)12-16-26)30-20-32-31(19-29(30)34)36-33(3,4)37-32/h5-20H,1-4H3. The second kappa shape index (κ2) is 7.78. The van der Waals surface area contributed by atoms with Crippen molar-refractivity contribution in [2.24, 2.45) is 0 Å². The van der Waals surface area contributed by atoms with E-state index in [-0.39, 0.29) is 0 Å². The molecule has 0 saturated heterocycles. The van der Waals surface area contributed by atoms with Crippen LogP contribution in [0.3, 0.4) is 0 Å². The molecule has 0 unspecified atom stereocenters. The average molecular weight is 485 g/mol. The zero-order valence-corrected chi connectivity index (χ0v) is 21.4. The third-order valence-electron chi connectivity index (χ3n) is 7.14. The number of benzene rings is 5. The third kappa shape index (κ3) is 3.52. The number of aryl methyl sites for hydroxylation is 2. The largest absolute Gasteiger partial charge is 0.449 e. The Morgan fingerprint density at radius 3 is 1.30 bits per heavy atom. The van der Waals surface area contributed by atoms with Crippen molar-refractivity contribution >= 4 is 44.9 Å². The first-order chi connectivity index (χ1) is 17.9. The molecule has 0 saturated carbocycles. The minimum absolute atomic E-state index is 0.711. The molecule has 0 N–H and O–H groups in total. The van der Waals surface area contributed by atoms with Crippen LogP contribution in [-0.4, -0.2) is 5.79 Å². The maximum absolute atomic E-state index is 6.21. The highest BCUT2D eigenvalue weighted by molar-refractivity contribution is 6.06. The molecule has 0 radical (unpaired) electrons. The lowest BCUT2D eigenvalue weighted by Crippen LogP contribution is -2.29. The molecule has 0 aliphatic carbocycles. The summed E-state index contributed by atoms with van der Waals surface area (Å²) in [6, 6.07) is 34.8. The minimum atomic E-state index is -0.711. The van der Waals surface area contributed by atoms with E-state index >= 15 is 0 Å². The van der Waals surface area contributed by atoms with Crippen molar-refractivity contribution in [1.29, 1.82) is 0 Å². The van der Waals surface area contributed by atoms with Gasteiger partial charge >= 0.3 is 0 Å². The molecular weight excluding hydrogens is 456 g/mol. The summed E-state index contributed by atoms with van der Waals surface area (Å²) in [4.78, 5) is 4.69. The van der Waals surface area contributed by atoms with E-state index < -0.39 is 5.79 Å². The first-order valence-corrected chi connectivity index (χ1v) is 12.7. The van der Waals surface area contributed by atoms with Gasteiger partial charge in [-0.3, -0.25) is 0 Å². The van der Waals surface area contributed by atoms with E-state index in [1.165, 1.54) is 21.9 Å². The molecule has 0 spiro atoms. The van der Waals surface area contributed by atoms with Crippen LogP contribution in [0, 0.1) is 13.8 Å². The van der Waals surface area contributed by atoms with E-state index in [1.807, 2.05) is 13.8 Å². The first kappa shape index (κ1) is 21.8. The maximum atomic E-state index is 6.21. The predicted octanol–water partition coefficient (Wildman–Crippen LogP) is 9.22.